The molecule has 57 heavy (non-hydrogen) atoms. The zero-order valence-electron chi connectivity index (χ0n) is 32.9. The molecule has 3 atom stereocenters. The summed E-state index contributed by atoms with van der Waals surface area (Å²) in [6, 6.07) is 30.4. The molecule has 11 heteroatoms. The maximum absolute atomic E-state index is 14.2. The molecule has 2 aromatic heterocycles. The molecular formula is C46H49N7O4. The lowest BCUT2D eigenvalue weighted by atomic mass is 9.90. The van der Waals surface area contributed by atoms with E-state index in [2.05, 4.69) is 89.8 Å². The third kappa shape index (κ3) is 7.54. The molecule has 0 radical (unpaired) electrons. The molecule has 2 saturated heterocycles. The second kappa shape index (κ2) is 15.7. The monoisotopic (exact) mass is 763 g/mol. The molecule has 2 aliphatic heterocycles. The molecular weight excluding hydrogens is 715 g/mol. The Morgan fingerprint density at radius 1 is 0.754 bits per heavy atom. The number of aromatic amines is 2. The first-order chi connectivity index (χ1) is 27.6. The van der Waals surface area contributed by atoms with Crippen molar-refractivity contribution in [3.63, 3.8) is 0 Å². The quantitative estimate of drug-likeness (QED) is 0.128. The average Bonchev–Trinajstić information content (AvgIpc) is 4.07. The molecule has 3 N–H and O–H groups in total. The van der Waals surface area contributed by atoms with Crippen LogP contribution in [0, 0.1) is 5.92 Å². The predicted octanol–water partition coefficient (Wildman–Crippen LogP) is 8.93. The number of methoxy groups -OCH3 is 1. The lowest BCUT2D eigenvalue weighted by Gasteiger charge is -2.35. The Bertz CT molecular complexity index is 2400. The van der Waals surface area contributed by atoms with Crippen LogP contribution in [0.5, 0.6) is 0 Å². The summed E-state index contributed by atoms with van der Waals surface area (Å²) in [6.07, 6.45) is 7.09. The van der Waals surface area contributed by atoms with Gasteiger partial charge < -0.3 is 29.8 Å². The van der Waals surface area contributed by atoms with Gasteiger partial charge in [0.1, 0.15) is 17.2 Å². The Morgan fingerprint density at radius 3 is 1.93 bits per heavy atom. The fourth-order valence-electron chi connectivity index (χ4n) is 8.41. The van der Waals surface area contributed by atoms with Crippen molar-refractivity contribution in [2.75, 3.05) is 20.2 Å². The Labute approximate surface area is 332 Å². The smallest absolute Gasteiger partial charge is 0.407 e. The number of rotatable bonds is 10. The number of likely N-dealkylation sites (tertiary alicyclic amines) is 2. The van der Waals surface area contributed by atoms with Crippen molar-refractivity contribution in [2.24, 2.45) is 5.92 Å². The van der Waals surface area contributed by atoms with Gasteiger partial charge in [0.2, 0.25) is 5.91 Å². The van der Waals surface area contributed by atoms with E-state index < -0.39 is 11.6 Å². The maximum atomic E-state index is 14.2. The van der Waals surface area contributed by atoms with E-state index in [-0.39, 0.29) is 23.9 Å². The van der Waals surface area contributed by atoms with E-state index in [0.29, 0.717) is 30.3 Å². The molecule has 4 heterocycles. The number of H-pyrrole nitrogens is 2. The Hall–Kier alpha value is -6.23. The number of carbonyl (C=O) groups excluding carboxylic acids is 3. The van der Waals surface area contributed by atoms with Crippen LogP contribution in [0.25, 0.3) is 44.4 Å². The summed E-state index contributed by atoms with van der Waals surface area (Å²) in [4.78, 5) is 59.8. The molecule has 8 rings (SSSR count). The average molecular weight is 764 g/mol. The highest BCUT2D eigenvalue weighted by Gasteiger charge is 2.44. The van der Waals surface area contributed by atoms with Crippen LogP contribution in [0.4, 0.5) is 4.79 Å². The van der Waals surface area contributed by atoms with E-state index in [0.717, 1.165) is 82.5 Å². The van der Waals surface area contributed by atoms with E-state index in [4.69, 9.17) is 14.7 Å². The summed E-state index contributed by atoms with van der Waals surface area (Å²) in [5.41, 5.74) is 5.44. The highest BCUT2D eigenvalue weighted by Crippen LogP contribution is 2.37. The van der Waals surface area contributed by atoms with Gasteiger partial charge in [-0.3, -0.25) is 9.59 Å². The van der Waals surface area contributed by atoms with Gasteiger partial charge in [-0.25, -0.2) is 14.8 Å². The zero-order chi connectivity index (χ0) is 39.7. The van der Waals surface area contributed by atoms with E-state index in [1.165, 1.54) is 7.11 Å². The van der Waals surface area contributed by atoms with Crippen LogP contribution in [-0.2, 0) is 19.9 Å². The van der Waals surface area contributed by atoms with Gasteiger partial charge in [-0.2, -0.15) is 0 Å². The summed E-state index contributed by atoms with van der Waals surface area (Å²) in [6.45, 7) is 7.23. The van der Waals surface area contributed by atoms with Crippen LogP contribution >= 0.6 is 0 Å². The van der Waals surface area contributed by atoms with Crippen molar-refractivity contribution in [3.8, 4) is 33.6 Å². The fraction of sp³-hybridized carbons (Fsp3) is 0.326. The summed E-state index contributed by atoms with van der Waals surface area (Å²) >= 11 is 0. The number of aromatic nitrogens is 4. The van der Waals surface area contributed by atoms with Crippen molar-refractivity contribution in [2.45, 2.75) is 70.5 Å². The van der Waals surface area contributed by atoms with Crippen molar-refractivity contribution < 1.29 is 19.1 Å². The van der Waals surface area contributed by atoms with Crippen LogP contribution in [-0.4, -0.2) is 67.8 Å². The second-order valence-electron chi connectivity index (χ2n) is 15.8. The first kappa shape index (κ1) is 37.7. The van der Waals surface area contributed by atoms with Crippen molar-refractivity contribution >= 4 is 28.7 Å². The molecule has 6 aromatic rings. The standard InChI is InChI=1S/C46H49N7O4/c1-29(2)24-41(54)52-22-8-12-39(52)42-48-28-38(50-42)35-21-20-33-25-32(18-19-34(33)26-35)30-14-16-31(17-15-30)37-27-47-43(49-37)40-13-9-23-53(40)44(55)46(3,51-45(56)57-4)36-10-6-5-7-11-36/h5-7,10-11,14-21,25-29,39-40H,8-9,12-13,22-24H2,1-4H3,(H,47,49)(H,48,50)(H,51,56). The summed E-state index contributed by atoms with van der Waals surface area (Å²) in [7, 11) is 1.29. The van der Waals surface area contributed by atoms with Gasteiger partial charge in [-0.05, 0) is 83.7 Å². The topological polar surface area (TPSA) is 136 Å². The number of fused-ring (bicyclic) bond motifs is 1. The highest BCUT2D eigenvalue weighted by atomic mass is 16.5. The third-order valence-electron chi connectivity index (χ3n) is 11.5. The number of hydrogen-bond donors (Lipinski definition) is 3. The molecule has 0 spiro atoms. The number of nitrogens with zero attached hydrogens (tertiary/aromatic N) is 4. The van der Waals surface area contributed by atoms with Crippen LogP contribution < -0.4 is 5.32 Å². The number of hydrogen-bond acceptors (Lipinski definition) is 6. The number of imidazole rings is 2. The van der Waals surface area contributed by atoms with Crippen LogP contribution in [0.2, 0.25) is 0 Å². The summed E-state index contributed by atoms with van der Waals surface area (Å²) in [5, 5.41) is 5.07. The third-order valence-corrected chi connectivity index (χ3v) is 11.5. The minimum atomic E-state index is -1.31. The van der Waals surface area contributed by atoms with E-state index in [9.17, 15) is 14.4 Å². The molecule has 2 fully saturated rings. The minimum Gasteiger partial charge on any atom is -0.453 e. The van der Waals surface area contributed by atoms with Gasteiger partial charge in [0, 0.05) is 25.1 Å². The molecule has 2 aliphatic rings. The number of ether oxygens (including phenoxy) is 1. The molecule has 0 bridgehead atoms. The van der Waals surface area contributed by atoms with Crippen LogP contribution in [0.3, 0.4) is 0 Å². The fourth-order valence-corrected chi connectivity index (χ4v) is 8.41. The van der Waals surface area contributed by atoms with Crippen molar-refractivity contribution in [1.82, 2.24) is 35.1 Å². The number of alkyl carbamates (subject to hydrolysis) is 1. The molecule has 3 amide bonds. The van der Waals surface area contributed by atoms with E-state index >= 15 is 0 Å². The first-order valence-electron chi connectivity index (χ1n) is 19.9. The Morgan fingerprint density at radius 2 is 1.30 bits per heavy atom. The first-order valence-corrected chi connectivity index (χ1v) is 19.9. The van der Waals surface area contributed by atoms with Crippen molar-refractivity contribution in [1.29, 1.82) is 0 Å². The SMILES string of the molecule is COC(=O)NC(C)(C(=O)N1CCCC1c1ncc(-c2ccc(-c3ccc4cc(-c5cnc(C6CCCN6C(=O)CC(C)C)[nH]5)ccc4c3)cc2)[nH]1)c1ccccc1. The zero-order valence-corrected chi connectivity index (χ0v) is 32.9. The molecule has 3 unspecified atom stereocenters. The van der Waals surface area contributed by atoms with E-state index in [1.54, 1.807) is 6.92 Å². The van der Waals surface area contributed by atoms with Gasteiger partial charge in [0.15, 0.2) is 0 Å². The Balaban J connectivity index is 0.961. The predicted molar refractivity (Wildman–Crippen MR) is 221 cm³/mol. The lowest BCUT2D eigenvalue weighted by molar-refractivity contribution is -0.139. The number of benzene rings is 4. The lowest BCUT2D eigenvalue weighted by Crippen LogP contribution is -2.55. The molecule has 292 valence electrons. The maximum Gasteiger partial charge on any atom is 0.407 e. The summed E-state index contributed by atoms with van der Waals surface area (Å²) < 4.78 is 4.90. The molecule has 0 aliphatic carbocycles. The van der Waals surface area contributed by atoms with Gasteiger partial charge in [-0.15, -0.1) is 0 Å². The van der Waals surface area contributed by atoms with Gasteiger partial charge >= 0.3 is 6.09 Å². The highest BCUT2D eigenvalue weighted by molar-refractivity contribution is 5.92. The van der Waals surface area contributed by atoms with Gasteiger partial charge in [0.05, 0.1) is 43.0 Å². The normalized spacial score (nSPS) is 17.9. The second-order valence-corrected chi connectivity index (χ2v) is 15.8. The van der Waals surface area contributed by atoms with E-state index in [1.807, 2.05) is 52.5 Å². The van der Waals surface area contributed by atoms with Crippen LogP contribution in [0.1, 0.15) is 82.2 Å². The molecule has 11 nitrogen and oxygen atoms in total. The minimum absolute atomic E-state index is 0.00298. The number of carbonyl (C=O) groups is 3. The summed E-state index contributed by atoms with van der Waals surface area (Å²) in [5.74, 6) is 1.90. The largest absolute Gasteiger partial charge is 0.453 e. The van der Waals surface area contributed by atoms with Crippen molar-refractivity contribution in [3.05, 3.63) is 121 Å². The molecule has 4 aromatic carbocycles. The Kier molecular flexibility index (Phi) is 10.4. The van der Waals surface area contributed by atoms with Gasteiger partial charge in [0.25, 0.3) is 5.91 Å². The van der Waals surface area contributed by atoms with Gasteiger partial charge in [-0.1, -0.05) is 92.7 Å². The van der Waals surface area contributed by atoms with Crippen LogP contribution in [0.15, 0.2) is 103 Å². The molecule has 0 saturated carbocycles. The number of amides is 3. The number of nitrogens with one attached hydrogen (secondary N) is 3.